The molecule has 12 aromatic heterocycles. The number of amides is 3. The summed E-state index contributed by atoms with van der Waals surface area (Å²) in [4.78, 5) is 44.7. The highest BCUT2D eigenvalue weighted by molar-refractivity contribution is 5.88. The molecular weight excluding hydrogens is 1400 g/mol. The van der Waals surface area contributed by atoms with Crippen molar-refractivity contribution in [3.05, 3.63) is 278 Å². The zero-order valence-electron chi connectivity index (χ0n) is 59.1. The quantitative estimate of drug-likeness (QED) is 0.0759. The van der Waals surface area contributed by atoms with Crippen molar-refractivity contribution in [2.75, 3.05) is 50.4 Å². The maximum Gasteiger partial charge on any atom is 0.323 e. The predicted molar refractivity (Wildman–Crippen MR) is 404 cm³/mol. The molecule has 4 aromatic carbocycles. The second-order valence-electron chi connectivity index (χ2n) is 24.8. The molecule has 0 radical (unpaired) electrons. The largest absolute Gasteiger partial charge is 0.485 e. The van der Waals surface area contributed by atoms with Gasteiger partial charge in [0.1, 0.15) is 61.1 Å². The van der Waals surface area contributed by atoms with Crippen LogP contribution >= 0.6 is 0 Å². The molecule has 110 heavy (non-hydrogen) atoms. The van der Waals surface area contributed by atoms with Crippen molar-refractivity contribution in [3.8, 4) is 68.0 Å². The van der Waals surface area contributed by atoms with E-state index in [-0.39, 0.29) is 44.8 Å². The summed E-state index contributed by atoms with van der Waals surface area (Å²) in [5.74, 6) is 5.89. The third-order valence-electron chi connectivity index (χ3n) is 17.3. The molecule has 18 rings (SSSR count). The van der Waals surface area contributed by atoms with Crippen LogP contribution in [0.5, 0.6) is 23.0 Å². The Morgan fingerprint density at radius 1 is 0.382 bits per heavy atom. The molecule has 0 atom stereocenters. The van der Waals surface area contributed by atoms with E-state index in [0.29, 0.717) is 107 Å². The topological polar surface area (TPSA) is 349 Å². The average Bonchev–Trinajstić information content (AvgIpc) is 1.81. The van der Waals surface area contributed by atoms with Crippen molar-refractivity contribution in [1.29, 1.82) is 0 Å². The van der Waals surface area contributed by atoms with E-state index in [4.69, 9.17) is 29.4 Å². The van der Waals surface area contributed by atoms with Crippen LogP contribution in [-0.4, -0.2) is 160 Å². The first kappa shape index (κ1) is 71.0. The molecule has 31 heteroatoms. The summed E-state index contributed by atoms with van der Waals surface area (Å²) in [6.45, 7) is 4.75. The number of nitrogen functional groups attached to an aromatic ring is 1. The van der Waals surface area contributed by atoms with Gasteiger partial charge >= 0.3 is 6.03 Å². The van der Waals surface area contributed by atoms with Gasteiger partial charge in [-0.2, -0.15) is 38.5 Å². The fourth-order valence-electron chi connectivity index (χ4n) is 11.7. The number of nitrogens with two attached hydrogens (primary N) is 1. The number of nitrogens with zero attached hydrogens (tertiary/aromatic N) is 22. The van der Waals surface area contributed by atoms with Gasteiger partial charge in [-0.3, -0.25) is 20.1 Å². The van der Waals surface area contributed by atoms with E-state index >= 15 is 0 Å². The summed E-state index contributed by atoms with van der Waals surface area (Å²) in [6.07, 6.45) is 10.6. The second-order valence-corrected chi connectivity index (χ2v) is 24.8. The Balaban J connectivity index is 0.000000118. The van der Waals surface area contributed by atoms with E-state index in [1.165, 1.54) is 0 Å². The number of hydrogen-bond acceptors (Lipinski definition) is 24. The maximum atomic E-state index is 12.4. The number of ether oxygens (including phenoxy) is 5. The van der Waals surface area contributed by atoms with Crippen LogP contribution in [0.2, 0.25) is 0 Å². The maximum absolute atomic E-state index is 12.4. The molecule has 0 saturated carbocycles. The van der Waals surface area contributed by atoms with Crippen molar-refractivity contribution in [2.24, 2.45) is 0 Å². The first-order chi connectivity index (χ1) is 54.2. The summed E-state index contributed by atoms with van der Waals surface area (Å²) < 4.78 is 35.2. The normalized spacial score (nSPS) is 12.5. The Morgan fingerprint density at radius 2 is 0.755 bits per heavy atom. The summed E-state index contributed by atoms with van der Waals surface area (Å²) >= 11 is 0. The summed E-state index contributed by atoms with van der Waals surface area (Å²) in [5.41, 5.74) is 16.5. The van der Waals surface area contributed by atoms with Gasteiger partial charge in [0.15, 0.2) is 45.9 Å². The molecule has 2 saturated heterocycles. The van der Waals surface area contributed by atoms with Gasteiger partial charge < -0.3 is 39.2 Å². The second kappa shape index (κ2) is 34.5. The molecule has 0 aliphatic carbocycles. The molecule has 0 unspecified atom stereocenters. The third-order valence-corrected chi connectivity index (χ3v) is 17.3. The predicted octanol–water partition coefficient (Wildman–Crippen LogP) is 10.7. The van der Waals surface area contributed by atoms with Gasteiger partial charge in [-0.25, -0.2) is 14.8 Å². The number of urea groups is 1. The van der Waals surface area contributed by atoms with E-state index in [1.54, 1.807) is 102 Å². The van der Waals surface area contributed by atoms with Crippen LogP contribution in [0, 0.1) is 0 Å². The number of rotatable bonds is 19. The Hall–Kier alpha value is -14.6. The number of carbonyl (C=O) groups is 2. The molecule has 2 aliphatic heterocycles. The van der Waals surface area contributed by atoms with Gasteiger partial charge in [-0.05, 0) is 91.7 Å². The zero-order chi connectivity index (χ0) is 74.6. The van der Waals surface area contributed by atoms with Crippen molar-refractivity contribution < 1.29 is 33.3 Å². The van der Waals surface area contributed by atoms with Crippen molar-refractivity contribution in [2.45, 2.75) is 45.7 Å². The minimum atomic E-state index is -0.209. The lowest BCUT2D eigenvalue weighted by molar-refractivity contribution is -0.129. The highest BCUT2D eigenvalue weighted by Gasteiger charge is 2.21. The Bertz CT molecular complexity index is 5730. The third kappa shape index (κ3) is 18.0. The molecule has 548 valence electrons. The highest BCUT2D eigenvalue weighted by Crippen LogP contribution is 2.25. The first-order valence-corrected chi connectivity index (χ1v) is 35.2. The number of carbonyl (C=O) groups excluding carboxylic acids is 2. The van der Waals surface area contributed by atoms with Gasteiger partial charge in [-0.15, -0.1) is 40.8 Å². The fraction of sp³-hybridized carbons (Fsp3) is 0.165. The molecule has 2 aliphatic rings. The number of aromatic nitrogens is 20. The number of hydrogen-bond donors (Lipinski definition) is 2. The van der Waals surface area contributed by atoms with Gasteiger partial charge in [-0.1, -0.05) is 121 Å². The van der Waals surface area contributed by atoms with Crippen LogP contribution in [0.15, 0.2) is 249 Å². The minimum absolute atomic E-state index is 0.114. The fourth-order valence-corrected chi connectivity index (χ4v) is 11.7. The smallest absolute Gasteiger partial charge is 0.323 e. The number of anilines is 2. The van der Waals surface area contributed by atoms with E-state index in [2.05, 4.69) is 86.4 Å². The van der Waals surface area contributed by atoms with E-state index in [9.17, 15) is 9.59 Å². The van der Waals surface area contributed by atoms with E-state index < -0.39 is 0 Å². The van der Waals surface area contributed by atoms with Crippen LogP contribution in [0.4, 0.5) is 16.4 Å². The highest BCUT2D eigenvalue weighted by atomic mass is 16.5. The lowest BCUT2D eigenvalue weighted by Gasteiger charge is -2.26. The van der Waals surface area contributed by atoms with Crippen LogP contribution in [0.3, 0.4) is 0 Å². The molecule has 0 spiro atoms. The number of benzene rings is 4. The van der Waals surface area contributed by atoms with Crippen LogP contribution in [-0.2, 0) is 42.4 Å². The summed E-state index contributed by atoms with van der Waals surface area (Å²) in [7, 11) is 0. The lowest BCUT2D eigenvalue weighted by atomic mass is 10.1. The van der Waals surface area contributed by atoms with E-state index in [1.807, 2.05) is 175 Å². The number of pyridine rings is 4. The van der Waals surface area contributed by atoms with Gasteiger partial charge in [0.25, 0.3) is 0 Å². The molecule has 16 aromatic rings. The zero-order valence-corrected chi connectivity index (χ0v) is 59.1. The van der Waals surface area contributed by atoms with Gasteiger partial charge in [0.2, 0.25) is 5.91 Å². The van der Waals surface area contributed by atoms with Crippen molar-refractivity contribution >= 4 is 46.2 Å². The SMILES string of the molecule is Nc1cc(OCc2nnc3ccc(-c4ccccc4)nn23)ccn1.O=C(Cc1cc(OCc2nnc3ccc(-c4ccccc4)nn23)ccn1)N1CCCC1.O=C(Nc1cc(OCc2nnc3ccc(-c4ccccc4)nn23)ccn1)N1CCOCC1.c1ccc(-c2ccc3nnc(COc4ccncc4)n3n2)cc1. The molecule has 3 N–H and O–H groups in total. The Labute approximate surface area is 628 Å². The number of nitrogens with one attached hydrogen (secondary N) is 1. The molecular formula is C79H70N24O7. The molecule has 14 heterocycles. The lowest BCUT2D eigenvalue weighted by Crippen LogP contribution is -2.43. The average molecular weight is 1470 g/mol. The Morgan fingerprint density at radius 3 is 1.17 bits per heavy atom. The standard InChI is InChI=1S/C23H22N6O2.C22H21N7O3.C17H14N6O.C17H13N5O/c30-23(28-12-4-5-13-28)15-18-14-19(10-11-24-18)31-16-22-26-25-21-9-8-20(27-29(21)22)17-6-2-1-3-7-17;30-22(28-10-12-31-13-11-28)24-19-14-17(8-9-23-19)32-15-21-26-25-20-7-6-18(27-29(20)21)16-4-2-1-3-5-16;18-15-10-13(8-9-19-15)24-11-17-21-20-16-7-6-14(22-23(16)17)12-4-2-1-3-5-12;1-2-4-13(5-3-1)15-6-7-16-19-20-17(22(16)21-15)12-23-14-8-10-18-11-9-14/h1-3,6-11,14H,4-5,12-13,15-16H2;1-9,14H,10-13,15H2,(H,23,24,30);1-10H,11H2,(H2,18,19);1-11H,12H2. The number of likely N-dealkylation sites (tertiary alicyclic amines) is 1. The van der Waals surface area contributed by atoms with Crippen LogP contribution in [0.25, 0.3) is 67.6 Å². The first-order valence-electron chi connectivity index (χ1n) is 35.2. The van der Waals surface area contributed by atoms with Crippen LogP contribution < -0.4 is 30.0 Å². The summed E-state index contributed by atoms with van der Waals surface area (Å²) in [6, 6.07) is 68.8. The van der Waals surface area contributed by atoms with Crippen molar-refractivity contribution in [1.82, 2.24) is 109 Å². The summed E-state index contributed by atoms with van der Waals surface area (Å²) in [5, 5.41) is 54.6. The monoisotopic (exact) mass is 1470 g/mol. The van der Waals surface area contributed by atoms with E-state index in [0.717, 1.165) is 76.7 Å². The number of fused-ring (bicyclic) bond motifs is 4. The molecule has 0 bridgehead atoms. The minimum Gasteiger partial charge on any atom is -0.485 e. The Kier molecular flexibility index (Phi) is 22.3. The molecule has 3 amide bonds. The molecule has 31 nitrogen and oxygen atoms in total. The van der Waals surface area contributed by atoms with Crippen molar-refractivity contribution in [3.63, 3.8) is 0 Å². The van der Waals surface area contributed by atoms with Gasteiger partial charge in [0, 0.05) is 97.6 Å². The van der Waals surface area contributed by atoms with Crippen LogP contribution in [0.1, 0.15) is 41.8 Å². The number of morpholine rings is 1. The molecule has 2 fully saturated rings. The van der Waals surface area contributed by atoms with Gasteiger partial charge in [0.05, 0.1) is 48.1 Å².